The average molecular weight is 326 g/mol. The Hall–Kier alpha value is -1.30. The molecule has 0 saturated carbocycles. The summed E-state index contributed by atoms with van der Waals surface area (Å²) in [6.07, 6.45) is 1.82. The number of methoxy groups -OCH3 is 1. The van der Waals surface area contributed by atoms with E-state index >= 15 is 0 Å². The SMILES string of the molecule is COc1ccc(CC(=O)N2CCC3(CC2)OCCO3)cc1Cl. The summed E-state index contributed by atoms with van der Waals surface area (Å²) in [4.78, 5) is 14.3. The molecule has 1 aromatic rings. The number of amides is 1. The van der Waals surface area contributed by atoms with E-state index in [0.717, 1.165) is 18.4 Å². The van der Waals surface area contributed by atoms with Gasteiger partial charge in [-0.2, -0.15) is 0 Å². The molecule has 0 aromatic heterocycles. The molecule has 5 nitrogen and oxygen atoms in total. The maximum absolute atomic E-state index is 12.4. The fourth-order valence-electron chi connectivity index (χ4n) is 2.99. The Balaban J connectivity index is 1.57. The molecular weight excluding hydrogens is 306 g/mol. The van der Waals surface area contributed by atoms with Crippen LogP contribution < -0.4 is 4.74 Å². The molecule has 2 heterocycles. The highest BCUT2D eigenvalue weighted by Gasteiger charge is 2.40. The van der Waals surface area contributed by atoms with Crippen molar-refractivity contribution in [2.75, 3.05) is 33.4 Å². The van der Waals surface area contributed by atoms with E-state index in [0.29, 0.717) is 43.5 Å². The van der Waals surface area contributed by atoms with E-state index < -0.39 is 5.79 Å². The lowest BCUT2D eigenvalue weighted by Gasteiger charge is -2.37. The van der Waals surface area contributed by atoms with Gasteiger partial charge in [-0.3, -0.25) is 4.79 Å². The second-order valence-corrected chi connectivity index (χ2v) is 6.04. The largest absolute Gasteiger partial charge is 0.495 e. The Morgan fingerprint density at radius 1 is 1.32 bits per heavy atom. The molecule has 120 valence electrons. The normalized spacial score (nSPS) is 20.4. The summed E-state index contributed by atoms with van der Waals surface area (Å²) >= 11 is 6.10. The molecule has 6 heteroatoms. The van der Waals surface area contributed by atoms with Crippen molar-refractivity contribution in [3.8, 4) is 5.75 Å². The third-order valence-electron chi connectivity index (χ3n) is 4.26. The Morgan fingerprint density at radius 2 is 2.00 bits per heavy atom. The van der Waals surface area contributed by atoms with Crippen LogP contribution in [-0.2, 0) is 20.7 Å². The molecule has 0 aliphatic carbocycles. The van der Waals surface area contributed by atoms with E-state index in [9.17, 15) is 4.79 Å². The number of hydrogen-bond donors (Lipinski definition) is 0. The maximum Gasteiger partial charge on any atom is 0.226 e. The minimum Gasteiger partial charge on any atom is -0.495 e. The van der Waals surface area contributed by atoms with Gasteiger partial charge < -0.3 is 19.1 Å². The molecule has 0 unspecified atom stereocenters. The second kappa shape index (κ2) is 6.44. The van der Waals surface area contributed by atoms with Crippen LogP contribution in [0.1, 0.15) is 18.4 Å². The minimum atomic E-state index is -0.444. The summed E-state index contributed by atoms with van der Waals surface area (Å²) in [7, 11) is 1.57. The van der Waals surface area contributed by atoms with Gasteiger partial charge in [-0.1, -0.05) is 17.7 Å². The highest BCUT2D eigenvalue weighted by atomic mass is 35.5. The molecule has 0 N–H and O–H groups in total. The van der Waals surface area contributed by atoms with E-state index in [1.807, 2.05) is 11.0 Å². The van der Waals surface area contributed by atoms with Crippen LogP contribution in [0.25, 0.3) is 0 Å². The zero-order valence-electron chi connectivity index (χ0n) is 12.6. The van der Waals surface area contributed by atoms with Gasteiger partial charge in [0.1, 0.15) is 5.75 Å². The van der Waals surface area contributed by atoms with E-state index in [1.54, 1.807) is 19.2 Å². The molecular formula is C16H20ClNO4. The Kier molecular flexibility index (Phi) is 4.57. The van der Waals surface area contributed by atoms with Gasteiger partial charge in [0.25, 0.3) is 0 Å². The first kappa shape index (κ1) is 15.6. The second-order valence-electron chi connectivity index (χ2n) is 5.63. The van der Waals surface area contributed by atoms with Crippen LogP contribution in [0.15, 0.2) is 18.2 Å². The summed E-state index contributed by atoms with van der Waals surface area (Å²) in [5.41, 5.74) is 0.893. The van der Waals surface area contributed by atoms with Gasteiger partial charge in [-0.15, -0.1) is 0 Å². The zero-order valence-corrected chi connectivity index (χ0v) is 13.4. The van der Waals surface area contributed by atoms with Gasteiger partial charge in [0.05, 0.1) is 31.8 Å². The van der Waals surface area contributed by atoms with Crippen molar-refractivity contribution >= 4 is 17.5 Å². The van der Waals surface area contributed by atoms with Crippen molar-refractivity contribution in [2.45, 2.75) is 25.0 Å². The van der Waals surface area contributed by atoms with Crippen molar-refractivity contribution in [3.63, 3.8) is 0 Å². The molecule has 2 aliphatic rings. The number of nitrogens with zero attached hydrogens (tertiary/aromatic N) is 1. The predicted molar refractivity (Wildman–Crippen MR) is 82.2 cm³/mol. The maximum atomic E-state index is 12.4. The Morgan fingerprint density at radius 3 is 2.59 bits per heavy atom. The third kappa shape index (κ3) is 3.21. The van der Waals surface area contributed by atoms with Gasteiger partial charge in [0.2, 0.25) is 5.91 Å². The number of halogens is 1. The molecule has 2 saturated heterocycles. The van der Waals surface area contributed by atoms with Crippen LogP contribution in [0.5, 0.6) is 5.75 Å². The van der Waals surface area contributed by atoms with E-state index in [1.165, 1.54) is 0 Å². The van der Waals surface area contributed by atoms with Gasteiger partial charge in [0, 0.05) is 25.9 Å². The molecule has 1 spiro atoms. The molecule has 0 radical (unpaired) electrons. The van der Waals surface area contributed by atoms with Crippen LogP contribution in [0.2, 0.25) is 5.02 Å². The molecule has 0 bridgehead atoms. The van der Waals surface area contributed by atoms with Gasteiger partial charge in [-0.25, -0.2) is 0 Å². The first-order valence-corrected chi connectivity index (χ1v) is 7.88. The molecule has 22 heavy (non-hydrogen) atoms. The summed E-state index contributed by atoms with van der Waals surface area (Å²) in [6, 6.07) is 5.44. The number of ether oxygens (including phenoxy) is 3. The van der Waals surface area contributed by atoms with Crippen molar-refractivity contribution in [1.29, 1.82) is 0 Å². The first-order valence-electron chi connectivity index (χ1n) is 7.50. The van der Waals surface area contributed by atoms with Gasteiger partial charge in [-0.05, 0) is 17.7 Å². The molecule has 2 aliphatic heterocycles. The van der Waals surface area contributed by atoms with Crippen LogP contribution in [0.4, 0.5) is 0 Å². The molecule has 1 amide bonds. The van der Waals surface area contributed by atoms with E-state index in [-0.39, 0.29) is 5.91 Å². The highest BCUT2D eigenvalue weighted by molar-refractivity contribution is 6.32. The Labute approximate surface area is 135 Å². The van der Waals surface area contributed by atoms with Crippen LogP contribution in [0, 0.1) is 0 Å². The topological polar surface area (TPSA) is 48.0 Å². The molecule has 3 rings (SSSR count). The van der Waals surface area contributed by atoms with Crippen LogP contribution >= 0.6 is 11.6 Å². The van der Waals surface area contributed by atoms with E-state index in [4.69, 9.17) is 25.8 Å². The lowest BCUT2D eigenvalue weighted by atomic mass is 10.0. The van der Waals surface area contributed by atoms with Gasteiger partial charge in [0.15, 0.2) is 5.79 Å². The first-order chi connectivity index (χ1) is 10.6. The van der Waals surface area contributed by atoms with Crippen molar-refractivity contribution in [1.82, 2.24) is 4.90 Å². The fourth-order valence-corrected chi connectivity index (χ4v) is 3.27. The predicted octanol–water partition coefficient (Wildman–Crippen LogP) is 2.26. The van der Waals surface area contributed by atoms with Crippen molar-refractivity contribution < 1.29 is 19.0 Å². The van der Waals surface area contributed by atoms with Crippen molar-refractivity contribution in [3.05, 3.63) is 28.8 Å². The van der Waals surface area contributed by atoms with Gasteiger partial charge >= 0.3 is 0 Å². The number of likely N-dealkylation sites (tertiary alicyclic amines) is 1. The van der Waals surface area contributed by atoms with Crippen LogP contribution in [-0.4, -0.2) is 50.0 Å². The number of carbonyl (C=O) groups excluding carboxylic acids is 1. The summed E-state index contributed by atoms with van der Waals surface area (Å²) < 4.78 is 16.5. The van der Waals surface area contributed by atoms with E-state index in [2.05, 4.69) is 0 Å². The monoisotopic (exact) mass is 325 g/mol. The summed E-state index contributed by atoms with van der Waals surface area (Å²) in [5, 5.41) is 0.526. The third-order valence-corrected chi connectivity index (χ3v) is 4.56. The molecule has 1 aromatic carbocycles. The number of rotatable bonds is 3. The molecule has 0 atom stereocenters. The van der Waals surface area contributed by atoms with Crippen LogP contribution in [0.3, 0.4) is 0 Å². The summed E-state index contributed by atoms with van der Waals surface area (Å²) in [5.74, 6) is 0.280. The lowest BCUT2D eigenvalue weighted by Crippen LogP contribution is -2.47. The Bertz CT molecular complexity index is 547. The standard InChI is InChI=1S/C16H20ClNO4/c1-20-14-3-2-12(10-13(14)17)11-15(19)18-6-4-16(5-7-18)21-8-9-22-16/h2-3,10H,4-9,11H2,1H3. The number of benzene rings is 1. The number of hydrogen-bond acceptors (Lipinski definition) is 4. The molecule has 2 fully saturated rings. The quantitative estimate of drug-likeness (QED) is 0.855. The highest BCUT2D eigenvalue weighted by Crippen LogP contribution is 2.31. The fraction of sp³-hybridized carbons (Fsp3) is 0.562. The zero-order chi connectivity index (χ0) is 15.6. The van der Waals surface area contributed by atoms with Crippen molar-refractivity contribution in [2.24, 2.45) is 0 Å². The minimum absolute atomic E-state index is 0.106. The summed E-state index contributed by atoms with van der Waals surface area (Å²) in [6.45, 7) is 2.64. The number of carbonyl (C=O) groups is 1. The average Bonchev–Trinajstić information content (AvgIpc) is 2.96. The number of piperidine rings is 1. The smallest absolute Gasteiger partial charge is 0.226 e. The lowest BCUT2D eigenvalue weighted by molar-refractivity contribution is -0.187.